The van der Waals surface area contributed by atoms with Gasteiger partial charge in [-0.05, 0) is 44.6 Å². The van der Waals surface area contributed by atoms with Gasteiger partial charge in [-0.15, -0.1) is 0 Å². The van der Waals surface area contributed by atoms with Crippen LogP contribution in [0.3, 0.4) is 0 Å². The summed E-state index contributed by atoms with van der Waals surface area (Å²) in [7, 11) is 0. The number of carbonyl (C=O) groups is 1. The highest BCUT2D eigenvalue weighted by Crippen LogP contribution is 2.09. The molecular formula is C15H22F2N2O. The highest BCUT2D eigenvalue weighted by Gasteiger charge is 2.11. The lowest BCUT2D eigenvalue weighted by atomic mass is 10.2. The first-order valence-corrected chi connectivity index (χ1v) is 7.04. The number of hydrogen-bond donors (Lipinski definition) is 1. The third kappa shape index (κ3) is 5.25. The number of nitrogens with one attached hydrogen (secondary N) is 1. The zero-order valence-electron chi connectivity index (χ0n) is 12.1. The Bertz CT molecular complexity index is 434. The second-order valence-electron chi connectivity index (χ2n) is 4.61. The molecule has 0 aromatic heterocycles. The molecule has 0 aliphatic heterocycles. The molecule has 0 saturated carbocycles. The van der Waals surface area contributed by atoms with Crippen molar-refractivity contribution < 1.29 is 13.6 Å². The Balaban J connectivity index is 2.30. The van der Waals surface area contributed by atoms with E-state index in [4.69, 9.17) is 0 Å². The Labute approximate surface area is 119 Å². The predicted octanol–water partition coefficient (Wildman–Crippen LogP) is 2.82. The summed E-state index contributed by atoms with van der Waals surface area (Å²) in [4.78, 5) is 14.0. The monoisotopic (exact) mass is 284 g/mol. The number of nitrogens with zero attached hydrogens (tertiary/aromatic N) is 1. The van der Waals surface area contributed by atoms with Gasteiger partial charge >= 0.3 is 0 Å². The fourth-order valence-corrected chi connectivity index (χ4v) is 1.97. The quantitative estimate of drug-likeness (QED) is 0.745. The van der Waals surface area contributed by atoms with Gasteiger partial charge in [0.2, 0.25) is 0 Å². The zero-order chi connectivity index (χ0) is 15.0. The van der Waals surface area contributed by atoms with Gasteiger partial charge in [-0.3, -0.25) is 4.79 Å². The zero-order valence-corrected chi connectivity index (χ0v) is 12.1. The smallest absolute Gasteiger partial charge is 0.254 e. The minimum absolute atomic E-state index is 0.116. The molecular weight excluding hydrogens is 262 g/mol. The molecule has 5 heteroatoms. The van der Waals surface area contributed by atoms with Crippen molar-refractivity contribution in [1.29, 1.82) is 0 Å². The number of carbonyl (C=O) groups excluding carboxylic acids is 1. The molecule has 1 N–H and O–H groups in total. The number of rotatable bonds is 8. The summed E-state index contributed by atoms with van der Waals surface area (Å²) in [5, 5.41) is 2.65. The fraction of sp³-hybridized carbons (Fsp3) is 0.533. The topological polar surface area (TPSA) is 32.3 Å². The van der Waals surface area contributed by atoms with Crippen LogP contribution in [-0.2, 0) is 0 Å². The minimum Gasteiger partial charge on any atom is -0.352 e. The van der Waals surface area contributed by atoms with Crippen LogP contribution in [0, 0.1) is 11.6 Å². The molecule has 1 rings (SSSR count). The standard InChI is InChI=1S/C15H22F2N2O/c1-3-19(4-2)10-6-5-9-18-15(20)13-8-7-12(16)11-14(13)17/h7-8,11H,3-6,9-10H2,1-2H3,(H,18,20). The van der Waals surface area contributed by atoms with Crippen LogP contribution in [0.5, 0.6) is 0 Å². The summed E-state index contributed by atoms with van der Waals surface area (Å²) in [6.45, 7) is 7.75. The highest BCUT2D eigenvalue weighted by atomic mass is 19.1. The van der Waals surface area contributed by atoms with Gasteiger partial charge in [0.05, 0.1) is 5.56 Å². The van der Waals surface area contributed by atoms with Gasteiger partial charge in [0.15, 0.2) is 0 Å². The summed E-state index contributed by atoms with van der Waals surface area (Å²) in [5.41, 5.74) is -0.116. The Morgan fingerprint density at radius 1 is 1.20 bits per heavy atom. The first-order chi connectivity index (χ1) is 9.58. The van der Waals surface area contributed by atoms with Crippen LogP contribution >= 0.6 is 0 Å². The van der Waals surface area contributed by atoms with Crippen molar-refractivity contribution in [3.63, 3.8) is 0 Å². The molecule has 0 heterocycles. The molecule has 3 nitrogen and oxygen atoms in total. The molecule has 0 unspecified atom stereocenters. The molecule has 0 bridgehead atoms. The normalized spacial score (nSPS) is 10.8. The van der Waals surface area contributed by atoms with Gasteiger partial charge in [-0.2, -0.15) is 0 Å². The number of benzene rings is 1. The van der Waals surface area contributed by atoms with Crippen LogP contribution in [0.1, 0.15) is 37.0 Å². The Hall–Kier alpha value is -1.49. The number of hydrogen-bond acceptors (Lipinski definition) is 2. The van der Waals surface area contributed by atoms with Crippen LogP contribution in [0.25, 0.3) is 0 Å². The van der Waals surface area contributed by atoms with Gasteiger partial charge < -0.3 is 10.2 Å². The van der Waals surface area contributed by atoms with Crippen LogP contribution in [0.2, 0.25) is 0 Å². The fourth-order valence-electron chi connectivity index (χ4n) is 1.97. The van der Waals surface area contributed by atoms with E-state index in [1.807, 2.05) is 0 Å². The second kappa shape index (κ2) is 8.64. The molecule has 0 atom stereocenters. The van der Waals surface area contributed by atoms with Crippen molar-refractivity contribution in [2.75, 3.05) is 26.2 Å². The van der Waals surface area contributed by atoms with E-state index in [-0.39, 0.29) is 5.56 Å². The highest BCUT2D eigenvalue weighted by molar-refractivity contribution is 5.94. The Morgan fingerprint density at radius 2 is 1.90 bits per heavy atom. The van der Waals surface area contributed by atoms with Crippen molar-refractivity contribution >= 4 is 5.91 Å². The molecule has 1 amide bonds. The van der Waals surface area contributed by atoms with E-state index in [9.17, 15) is 13.6 Å². The summed E-state index contributed by atoms with van der Waals surface area (Å²) >= 11 is 0. The SMILES string of the molecule is CCN(CC)CCCCNC(=O)c1ccc(F)cc1F. The van der Waals surface area contributed by atoms with Gasteiger partial charge in [-0.25, -0.2) is 8.78 Å². The number of amides is 1. The number of unbranched alkanes of at least 4 members (excludes halogenated alkanes) is 1. The largest absolute Gasteiger partial charge is 0.352 e. The molecule has 1 aromatic rings. The lowest BCUT2D eigenvalue weighted by Crippen LogP contribution is -2.27. The van der Waals surface area contributed by atoms with E-state index in [0.29, 0.717) is 6.54 Å². The molecule has 0 saturated heterocycles. The van der Waals surface area contributed by atoms with Crippen LogP contribution in [0.4, 0.5) is 8.78 Å². The summed E-state index contributed by atoms with van der Waals surface area (Å²) < 4.78 is 26.1. The molecule has 0 spiro atoms. The van der Waals surface area contributed by atoms with Gasteiger partial charge in [0.25, 0.3) is 5.91 Å². The first-order valence-electron chi connectivity index (χ1n) is 7.04. The maximum absolute atomic E-state index is 13.4. The first kappa shape index (κ1) is 16.6. The molecule has 0 aliphatic carbocycles. The summed E-state index contributed by atoms with van der Waals surface area (Å²) in [6, 6.07) is 2.96. The lowest BCUT2D eigenvalue weighted by Gasteiger charge is -2.17. The molecule has 1 aromatic carbocycles. The van der Waals surface area contributed by atoms with E-state index in [0.717, 1.165) is 50.7 Å². The molecule has 0 aliphatic rings. The summed E-state index contributed by atoms with van der Waals surface area (Å²) in [5.74, 6) is -2.01. The predicted molar refractivity (Wildman–Crippen MR) is 75.7 cm³/mol. The van der Waals surface area contributed by atoms with Gasteiger partial charge in [0.1, 0.15) is 11.6 Å². The summed E-state index contributed by atoms with van der Waals surface area (Å²) in [6.07, 6.45) is 1.82. The van der Waals surface area contributed by atoms with Gasteiger partial charge in [0, 0.05) is 12.6 Å². The third-order valence-corrected chi connectivity index (χ3v) is 3.26. The van der Waals surface area contributed by atoms with Crippen molar-refractivity contribution in [2.24, 2.45) is 0 Å². The van der Waals surface area contributed by atoms with E-state index >= 15 is 0 Å². The maximum Gasteiger partial charge on any atom is 0.254 e. The van der Waals surface area contributed by atoms with Crippen molar-refractivity contribution in [3.05, 3.63) is 35.4 Å². The van der Waals surface area contributed by atoms with E-state index in [1.165, 1.54) is 0 Å². The van der Waals surface area contributed by atoms with E-state index in [1.54, 1.807) is 0 Å². The average molecular weight is 284 g/mol. The van der Waals surface area contributed by atoms with Gasteiger partial charge in [-0.1, -0.05) is 13.8 Å². The van der Waals surface area contributed by atoms with Crippen LogP contribution in [0.15, 0.2) is 18.2 Å². The lowest BCUT2D eigenvalue weighted by molar-refractivity contribution is 0.0948. The molecule has 0 radical (unpaired) electrons. The third-order valence-electron chi connectivity index (χ3n) is 3.26. The molecule has 20 heavy (non-hydrogen) atoms. The second-order valence-corrected chi connectivity index (χ2v) is 4.61. The Morgan fingerprint density at radius 3 is 2.50 bits per heavy atom. The van der Waals surface area contributed by atoms with Crippen molar-refractivity contribution in [3.8, 4) is 0 Å². The molecule has 112 valence electrons. The van der Waals surface area contributed by atoms with E-state index < -0.39 is 17.5 Å². The minimum atomic E-state index is -0.828. The van der Waals surface area contributed by atoms with Crippen molar-refractivity contribution in [1.82, 2.24) is 10.2 Å². The maximum atomic E-state index is 13.4. The van der Waals surface area contributed by atoms with Crippen molar-refractivity contribution in [2.45, 2.75) is 26.7 Å². The van der Waals surface area contributed by atoms with Crippen LogP contribution in [-0.4, -0.2) is 37.0 Å². The molecule has 0 fully saturated rings. The Kier molecular flexibility index (Phi) is 7.15. The number of halogens is 2. The average Bonchev–Trinajstić information content (AvgIpc) is 2.42. The van der Waals surface area contributed by atoms with E-state index in [2.05, 4.69) is 24.1 Å². The van der Waals surface area contributed by atoms with Crippen LogP contribution < -0.4 is 5.32 Å².